The van der Waals surface area contributed by atoms with E-state index in [9.17, 15) is 4.79 Å². The Morgan fingerprint density at radius 3 is 2.67 bits per heavy atom. The molecule has 0 bridgehead atoms. The van der Waals surface area contributed by atoms with Crippen molar-refractivity contribution in [3.63, 3.8) is 0 Å². The lowest BCUT2D eigenvalue weighted by Gasteiger charge is -2.18. The van der Waals surface area contributed by atoms with Gasteiger partial charge in [-0.15, -0.1) is 11.3 Å². The van der Waals surface area contributed by atoms with Crippen molar-refractivity contribution >= 4 is 38.3 Å². The molecule has 0 atom stereocenters. The average Bonchev–Trinajstić information content (AvgIpc) is 3.08. The molecule has 15 heavy (non-hydrogen) atoms. The van der Waals surface area contributed by atoms with Gasteiger partial charge >= 0.3 is 0 Å². The predicted octanol–water partition coefficient (Wildman–Crippen LogP) is 2.81. The van der Waals surface area contributed by atoms with Gasteiger partial charge in [0, 0.05) is 17.3 Å². The van der Waals surface area contributed by atoms with Gasteiger partial charge in [0.15, 0.2) is 5.13 Å². The number of halogens is 1. The molecule has 3 rings (SSSR count). The molecule has 1 heterocycles. The molecule has 1 amide bonds. The van der Waals surface area contributed by atoms with E-state index >= 15 is 0 Å². The van der Waals surface area contributed by atoms with E-state index in [0.717, 1.165) is 35.4 Å². The van der Waals surface area contributed by atoms with Crippen molar-refractivity contribution in [3.05, 3.63) is 9.98 Å². The van der Waals surface area contributed by atoms with Crippen molar-refractivity contribution < 1.29 is 4.79 Å². The maximum atomic E-state index is 12.1. The van der Waals surface area contributed by atoms with Crippen LogP contribution in [0.25, 0.3) is 0 Å². The van der Waals surface area contributed by atoms with Gasteiger partial charge in [-0.25, -0.2) is 4.98 Å². The minimum Gasteiger partial charge on any atom is -0.285 e. The van der Waals surface area contributed by atoms with E-state index in [2.05, 4.69) is 20.9 Å². The number of aromatic nitrogens is 1. The van der Waals surface area contributed by atoms with E-state index < -0.39 is 0 Å². The molecular formula is C10H11BrN2OS. The van der Waals surface area contributed by atoms with Gasteiger partial charge in [-0.1, -0.05) is 0 Å². The lowest BCUT2D eigenvalue weighted by Crippen LogP contribution is -2.34. The number of carbonyl (C=O) groups is 1. The van der Waals surface area contributed by atoms with Crippen LogP contribution < -0.4 is 4.90 Å². The largest absolute Gasteiger partial charge is 0.285 e. The van der Waals surface area contributed by atoms with E-state index in [4.69, 9.17) is 0 Å². The number of hydrogen-bond acceptors (Lipinski definition) is 3. The summed E-state index contributed by atoms with van der Waals surface area (Å²) in [4.78, 5) is 18.3. The fourth-order valence-corrected chi connectivity index (χ4v) is 2.97. The Balaban J connectivity index is 1.86. The van der Waals surface area contributed by atoms with Crippen LogP contribution in [-0.4, -0.2) is 16.9 Å². The van der Waals surface area contributed by atoms with Gasteiger partial charge in [-0.05, 0) is 41.6 Å². The van der Waals surface area contributed by atoms with Crippen LogP contribution in [0.1, 0.15) is 25.7 Å². The third kappa shape index (κ3) is 1.95. The minimum absolute atomic E-state index is 0.285. The van der Waals surface area contributed by atoms with E-state index in [1.165, 1.54) is 0 Å². The normalized spacial score (nSPS) is 20.3. The van der Waals surface area contributed by atoms with Crippen LogP contribution in [0.4, 0.5) is 5.13 Å². The molecule has 0 N–H and O–H groups in total. The molecule has 80 valence electrons. The molecule has 0 unspecified atom stereocenters. The predicted molar refractivity (Wildman–Crippen MR) is 63.0 cm³/mol. The van der Waals surface area contributed by atoms with Crippen LogP contribution in [0, 0.1) is 5.92 Å². The second-order valence-electron chi connectivity index (χ2n) is 4.17. The van der Waals surface area contributed by atoms with Crippen LogP contribution in [0.5, 0.6) is 0 Å². The van der Waals surface area contributed by atoms with Crippen LogP contribution in [0.15, 0.2) is 9.98 Å². The fraction of sp³-hybridized carbons (Fsp3) is 0.600. The zero-order chi connectivity index (χ0) is 10.4. The van der Waals surface area contributed by atoms with Crippen molar-refractivity contribution in [2.24, 2.45) is 5.92 Å². The maximum absolute atomic E-state index is 12.1. The zero-order valence-electron chi connectivity index (χ0n) is 8.15. The Kier molecular flexibility index (Phi) is 2.32. The molecule has 5 heteroatoms. The van der Waals surface area contributed by atoms with E-state index in [1.807, 2.05) is 10.3 Å². The molecule has 0 aromatic carbocycles. The number of carbonyl (C=O) groups excluding carboxylic acids is 1. The molecule has 0 aliphatic heterocycles. The second-order valence-corrected chi connectivity index (χ2v) is 5.82. The second kappa shape index (κ2) is 3.56. The molecule has 2 fully saturated rings. The molecule has 2 saturated carbocycles. The van der Waals surface area contributed by atoms with Crippen molar-refractivity contribution in [2.45, 2.75) is 31.7 Å². The summed E-state index contributed by atoms with van der Waals surface area (Å²) in [5.74, 6) is 0.577. The van der Waals surface area contributed by atoms with E-state index in [-0.39, 0.29) is 5.92 Å². The van der Waals surface area contributed by atoms with Gasteiger partial charge in [0.1, 0.15) is 4.60 Å². The number of thiazole rings is 1. The highest BCUT2D eigenvalue weighted by atomic mass is 79.9. The monoisotopic (exact) mass is 286 g/mol. The van der Waals surface area contributed by atoms with Crippen molar-refractivity contribution in [1.82, 2.24) is 4.98 Å². The van der Waals surface area contributed by atoms with E-state index in [1.54, 1.807) is 11.3 Å². The first-order valence-corrected chi connectivity index (χ1v) is 6.87. The first kappa shape index (κ1) is 9.78. The van der Waals surface area contributed by atoms with Crippen LogP contribution in [-0.2, 0) is 4.79 Å². The van der Waals surface area contributed by atoms with Gasteiger partial charge in [0.25, 0.3) is 0 Å². The summed E-state index contributed by atoms with van der Waals surface area (Å²) in [5.41, 5.74) is 0. The van der Waals surface area contributed by atoms with Gasteiger partial charge in [-0.2, -0.15) is 0 Å². The van der Waals surface area contributed by atoms with Crippen molar-refractivity contribution in [1.29, 1.82) is 0 Å². The van der Waals surface area contributed by atoms with Crippen molar-refractivity contribution in [2.75, 3.05) is 4.90 Å². The average molecular weight is 287 g/mol. The smallest absolute Gasteiger partial charge is 0.232 e. The van der Waals surface area contributed by atoms with Gasteiger partial charge < -0.3 is 0 Å². The van der Waals surface area contributed by atoms with Crippen LogP contribution in [0.2, 0.25) is 0 Å². The number of hydrogen-bond donors (Lipinski definition) is 0. The minimum atomic E-state index is 0.285. The molecule has 1 aromatic rings. The third-order valence-electron chi connectivity index (χ3n) is 2.75. The Labute approximate surface area is 101 Å². The SMILES string of the molecule is O=C(C1CC1)N(c1nc(Br)cs1)C1CC1. The molecule has 0 saturated heterocycles. The summed E-state index contributed by atoms with van der Waals surface area (Å²) < 4.78 is 0.830. The van der Waals surface area contributed by atoms with Gasteiger partial charge in [-0.3, -0.25) is 9.69 Å². The molecule has 0 spiro atoms. The molecule has 1 aromatic heterocycles. The fourth-order valence-electron chi connectivity index (χ4n) is 1.65. The Morgan fingerprint density at radius 1 is 1.47 bits per heavy atom. The number of anilines is 1. The van der Waals surface area contributed by atoms with Gasteiger partial charge in [0.2, 0.25) is 5.91 Å². The molecule has 3 nitrogen and oxygen atoms in total. The summed E-state index contributed by atoms with van der Waals surface area (Å²) >= 11 is 4.88. The highest BCUT2D eigenvalue weighted by Crippen LogP contribution is 2.40. The summed E-state index contributed by atoms with van der Waals surface area (Å²) in [5, 5.41) is 2.80. The zero-order valence-corrected chi connectivity index (χ0v) is 10.6. The Morgan fingerprint density at radius 2 is 2.20 bits per heavy atom. The Hall–Kier alpha value is -0.420. The Bertz CT molecular complexity index is 398. The van der Waals surface area contributed by atoms with Gasteiger partial charge in [0.05, 0.1) is 0 Å². The first-order chi connectivity index (χ1) is 7.25. The lowest BCUT2D eigenvalue weighted by molar-refractivity contribution is -0.119. The summed E-state index contributed by atoms with van der Waals surface area (Å²) in [6, 6.07) is 0.427. The van der Waals surface area contributed by atoms with Crippen LogP contribution >= 0.6 is 27.3 Å². The topological polar surface area (TPSA) is 33.2 Å². The standard InChI is InChI=1S/C10H11BrN2OS/c11-8-5-15-10(12-8)13(7-3-4-7)9(14)6-1-2-6/h5-7H,1-4H2. The summed E-state index contributed by atoms with van der Waals surface area (Å²) in [6.45, 7) is 0. The number of rotatable bonds is 3. The van der Waals surface area contributed by atoms with Crippen LogP contribution in [0.3, 0.4) is 0 Å². The molecule has 0 radical (unpaired) electrons. The van der Waals surface area contributed by atoms with E-state index in [0.29, 0.717) is 11.9 Å². The summed E-state index contributed by atoms with van der Waals surface area (Å²) in [6.07, 6.45) is 4.40. The molecule has 2 aliphatic rings. The number of nitrogens with zero attached hydrogens (tertiary/aromatic N) is 2. The first-order valence-electron chi connectivity index (χ1n) is 5.20. The quantitative estimate of drug-likeness (QED) is 0.856. The summed E-state index contributed by atoms with van der Waals surface area (Å²) in [7, 11) is 0. The highest BCUT2D eigenvalue weighted by molar-refractivity contribution is 9.10. The number of amides is 1. The maximum Gasteiger partial charge on any atom is 0.232 e. The highest BCUT2D eigenvalue weighted by Gasteiger charge is 2.41. The third-order valence-corrected chi connectivity index (χ3v) is 4.30. The van der Waals surface area contributed by atoms with Crippen molar-refractivity contribution in [3.8, 4) is 0 Å². The molecule has 2 aliphatic carbocycles. The molecular weight excluding hydrogens is 276 g/mol. The lowest BCUT2D eigenvalue weighted by atomic mass is 10.3.